The van der Waals surface area contributed by atoms with Gasteiger partial charge < -0.3 is 4.74 Å². The van der Waals surface area contributed by atoms with Crippen molar-refractivity contribution in [3.8, 4) is 5.75 Å². The van der Waals surface area contributed by atoms with Crippen LogP contribution in [0, 0.1) is 0 Å². The zero-order chi connectivity index (χ0) is 20.5. The van der Waals surface area contributed by atoms with E-state index >= 15 is 0 Å². The second kappa shape index (κ2) is 10.4. The van der Waals surface area contributed by atoms with Gasteiger partial charge in [-0.25, -0.2) is 4.99 Å². The standard InChI is InChI=1S/C25H25NOS2/c1-25(2,3)20-14-16-22(17-15-20)27-24(26-21-10-6-4-7-11-21)18-19-28-29-23-12-8-5-9-13-23/h4-19H,1-3H3/b19-18+,26-24?. The van der Waals surface area contributed by atoms with Crippen LogP contribution >= 0.6 is 21.6 Å². The molecule has 0 aliphatic carbocycles. The Bertz CT molecular complexity index is 944. The van der Waals surface area contributed by atoms with E-state index in [1.807, 2.05) is 72.1 Å². The Morgan fingerprint density at radius 2 is 1.45 bits per heavy atom. The first kappa shape index (κ1) is 21.3. The summed E-state index contributed by atoms with van der Waals surface area (Å²) < 4.78 is 6.08. The molecule has 0 aromatic heterocycles. The van der Waals surface area contributed by atoms with Gasteiger partial charge in [-0.1, -0.05) is 90.9 Å². The molecule has 0 atom stereocenters. The average Bonchev–Trinajstić information content (AvgIpc) is 2.72. The predicted octanol–water partition coefficient (Wildman–Crippen LogP) is 8.05. The van der Waals surface area contributed by atoms with E-state index in [-0.39, 0.29) is 5.41 Å². The van der Waals surface area contributed by atoms with Crippen molar-refractivity contribution >= 4 is 33.2 Å². The normalized spacial score (nSPS) is 12.3. The third-order valence-corrected chi connectivity index (χ3v) is 6.10. The molecule has 148 valence electrons. The monoisotopic (exact) mass is 419 g/mol. The summed E-state index contributed by atoms with van der Waals surface area (Å²) >= 11 is 0. The Kier molecular flexibility index (Phi) is 7.62. The summed E-state index contributed by atoms with van der Waals surface area (Å²) in [5.74, 6) is 1.33. The lowest BCUT2D eigenvalue weighted by Crippen LogP contribution is -2.11. The van der Waals surface area contributed by atoms with E-state index in [4.69, 9.17) is 4.74 Å². The van der Waals surface area contributed by atoms with Crippen molar-refractivity contribution in [1.82, 2.24) is 0 Å². The first-order chi connectivity index (χ1) is 14.0. The van der Waals surface area contributed by atoms with Crippen LogP contribution in [-0.4, -0.2) is 5.90 Å². The van der Waals surface area contributed by atoms with Crippen molar-refractivity contribution in [2.45, 2.75) is 31.1 Å². The molecule has 0 aliphatic heterocycles. The molecule has 4 heteroatoms. The molecule has 0 bridgehead atoms. The highest BCUT2D eigenvalue weighted by Gasteiger charge is 2.13. The predicted molar refractivity (Wildman–Crippen MR) is 128 cm³/mol. The van der Waals surface area contributed by atoms with Gasteiger partial charge in [0, 0.05) is 11.0 Å². The first-order valence-electron chi connectivity index (χ1n) is 9.48. The van der Waals surface area contributed by atoms with E-state index in [2.05, 4.69) is 50.0 Å². The fourth-order valence-corrected chi connectivity index (χ4v) is 4.12. The maximum absolute atomic E-state index is 6.08. The minimum atomic E-state index is 0.116. The minimum Gasteiger partial charge on any atom is -0.439 e. The number of benzene rings is 3. The van der Waals surface area contributed by atoms with Gasteiger partial charge in [0.1, 0.15) is 5.75 Å². The SMILES string of the molecule is CC(C)(C)c1ccc(OC(/C=C/SSc2ccccc2)=Nc2ccccc2)cc1. The number of rotatable bonds is 6. The van der Waals surface area contributed by atoms with Crippen molar-refractivity contribution in [3.63, 3.8) is 0 Å². The molecule has 3 aromatic rings. The number of hydrogen-bond acceptors (Lipinski definition) is 4. The zero-order valence-electron chi connectivity index (χ0n) is 16.9. The summed E-state index contributed by atoms with van der Waals surface area (Å²) in [6.45, 7) is 6.61. The number of para-hydroxylation sites is 1. The lowest BCUT2D eigenvalue weighted by molar-refractivity contribution is 0.551. The van der Waals surface area contributed by atoms with Gasteiger partial charge >= 0.3 is 0 Å². The molecule has 0 saturated carbocycles. The maximum atomic E-state index is 6.08. The topological polar surface area (TPSA) is 21.6 Å². The smallest absolute Gasteiger partial charge is 0.220 e. The van der Waals surface area contributed by atoms with Crippen LogP contribution in [0.3, 0.4) is 0 Å². The van der Waals surface area contributed by atoms with Crippen LogP contribution in [0.2, 0.25) is 0 Å². The molecular formula is C25H25NOS2. The van der Waals surface area contributed by atoms with E-state index in [0.717, 1.165) is 11.4 Å². The van der Waals surface area contributed by atoms with E-state index in [1.165, 1.54) is 10.5 Å². The molecule has 0 saturated heterocycles. The molecule has 29 heavy (non-hydrogen) atoms. The van der Waals surface area contributed by atoms with E-state index < -0.39 is 0 Å². The van der Waals surface area contributed by atoms with Gasteiger partial charge in [0.05, 0.1) is 5.69 Å². The summed E-state index contributed by atoms with van der Waals surface area (Å²) in [5.41, 5.74) is 2.25. The van der Waals surface area contributed by atoms with Crippen LogP contribution in [0.1, 0.15) is 26.3 Å². The number of nitrogens with zero attached hydrogens (tertiary/aromatic N) is 1. The van der Waals surface area contributed by atoms with Crippen LogP contribution < -0.4 is 4.74 Å². The molecule has 0 unspecified atom stereocenters. The van der Waals surface area contributed by atoms with Gasteiger partial charge in [-0.3, -0.25) is 0 Å². The Morgan fingerprint density at radius 1 is 0.828 bits per heavy atom. The highest BCUT2D eigenvalue weighted by molar-refractivity contribution is 8.77. The van der Waals surface area contributed by atoms with Gasteiger partial charge in [-0.15, -0.1) is 0 Å². The molecule has 3 aromatic carbocycles. The summed E-state index contributed by atoms with van der Waals surface area (Å²) in [6, 6.07) is 28.4. The van der Waals surface area contributed by atoms with Crippen molar-refractivity contribution in [2.24, 2.45) is 4.99 Å². The third kappa shape index (κ3) is 7.15. The van der Waals surface area contributed by atoms with Crippen LogP contribution in [0.15, 0.2) is 106 Å². The average molecular weight is 420 g/mol. The van der Waals surface area contributed by atoms with Crippen molar-refractivity contribution in [1.29, 1.82) is 0 Å². The van der Waals surface area contributed by atoms with Crippen molar-refractivity contribution in [3.05, 3.63) is 102 Å². The Balaban J connectivity index is 1.73. The van der Waals surface area contributed by atoms with Gasteiger partial charge in [-0.05, 0) is 52.8 Å². The summed E-state index contributed by atoms with van der Waals surface area (Å²) in [5, 5.41) is 2.00. The van der Waals surface area contributed by atoms with Crippen LogP contribution in [-0.2, 0) is 5.41 Å². The highest BCUT2D eigenvalue weighted by atomic mass is 33.1. The molecule has 0 heterocycles. The lowest BCUT2D eigenvalue weighted by atomic mass is 9.87. The number of ether oxygens (including phenoxy) is 1. The molecule has 0 aliphatic rings. The first-order valence-corrected chi connectivity index (χ1v) is 11.7. The molecule has 3 rings (SSSR count). The van der Waals surface area contributed by atoms with Crippen molar-refractivity contribution < 1.29 is 4.74 Å². The lowest BCUT2D eigenvalue weighted by Gasteiger charge is -2.19. The summed E-state index contributed by atoms with van der Waals surface area (Å²) in [4.78, 5) is 5.87. The van der Waals surface area contributed by atoms with E-state index in [1.54, 1.807) is 21.6 Å². The fourth-order valence-electron chi connectivity index (χ4n) is 2.51. The number of aliphatic imine (C=N–C) groups is 1. The Morgan fingerprint density at radius 3 is 2.07 bits per heavy atom. The van der Waals surface area contributed by atoms with E-state index in [9.17, 15) is 0 Å². The minimum absolute atomic E-state index is 0.116. The molecule has 0 fully saturated rings. The van der Waals surface area contributed by atoms with Gasteiger partial charge in [0.25, 0.3) is 0 Å². The van der Waals surface area contributed by atoms with Gasteiger partial charge in [-0.2, -0.15) is 0 Å². The second-order valence-electron chi connectivity index (χ2n) is 7.46. The Hall–Kier alpha value is -2.43. The van der Waals surface area contributed by atoms with Gasteiger partial charge in [0.2, 0.25) is 5.90 Å². The van der Waals surface area contributed by atoms with Gasteiger partial charge in [0.15, 0.2) is 0 Å². The molecule has 0 radical (unpaired) electrons. The number of hydrogen-bond donors (Lipinski definition) is 0. The van der Waals surface area contributed by atoms with E-state index in [0.29, 0.717) is 5.90 Å². The summed E-state index contributed by atoms with van der Waals surface area (Å²) in [7, 11) is 3.34. The molecule has 2 nitrogen and oxygen atoms in total. The Labute approximate surface area is 181 Å². The molecule has 0 spiro atoms. The van der Waals surface area contributed by atoms with Crippen LogP contribution in [0.5, 0.6) is 5.75 Å². The molecular weight excluding hydrogens is 394 g/mol. The highest BCUT2D eigenvalue weighted by Crippen LogP contribution is 2.31. The molecule has 0 amide bonds. The largest absolute Gasteiger partial charge is 0.439 e. The van der Waals surface area contributed by atoms with Crippen LogP contribution in [0.25, 0.3) is 0 Å². The van der Waals surface area contributed by atoms with Crippen molar-refractivity contribution in [2.75, 3.05) is 0 Å². The zero-order valence-corrected chi connectivity index (χ0v) is 18.5. The van der Waals surface area contributed by atoms with Crippen LogP contribution in [0.4, 0.5) is 5.69 Å². The maximum Gasteiger partial charge on any atom is 0.220 e. The molecule has 0 N–H and O–H groups in total. The second-order valence-corrected chi connectivity index (χ2v) is 9.64. The fraction of sp³-hybridized carbons (Fsp3) is 0.160. The third-order valence-electron chi connectivity index (χ3n) is 4.09. The summed E-state index contributed by atoms with van der Waals surface area (Å²) in [6.07, 6.45) is 1.91. The quantitative estimate of drug-likeness (QED) is 0.229.